The van der Waals surface area contributed by atoms with Crippen LogP contribution in [0.25, 0.3) is 0 Å². The summed E-state index contributed by atoms with van der Waals surface area (Å²) in [6.07, 6.45) is 0. The van der Waals surface area contributed by atoms with Crippen molar-refractivity contribution in [3.63, 3.8) is 0 Å². The number of nitrogens with one attached hydrogen (secondary N) is 1. The highest BCUT2D eigenvalue weighted by atomic mass is 79.9. The third kappa shape index (κ3) is 2.72. The van der Waals surface area contributed by atoms with Gasteiger partial charge in [0.2, 0.25) is 0 Å². The molecule has 0 saturated carbocycles. The van der Waals surface area contributed by atoms with Crippen LogP contribution >= 0.6 is 43.2 Å². The van der Waals surface area contributed by atoms with Crippen molar-refractivity contribution in [2.75, 3.05) is 7.05 Å². The van der Waals surface area contributed by atoms with E-state index in [1.807, 2.05) is 7.05 Å². The van der Waals surface area contributed by atoms with Gasteiger partial charge in [-0.3, -0.25) is 0 Å². The standard InChI is InChI=1S/C14H15Br2NS/c1-8-7-12(16)9(2)6-10(8)13(17-3)14-11(15)4-5-18-14/h4-7,13,17H,1-3H3. The van der Waals surface area contributed by atoms with Crippen molar-refractivity contribution in [3.05, 3.63) is 54.1 Å². The summed E-state index contributed by atoms with van der Waals surface area (Å²) in [5.41, 5.74) is 3.90. The van der Waals surface area contributed by atoms with Gasteiger partial charge in [0.05, 0.1) is 6.04 Å². The van der Waals surface area contributed by atoms with Gasteiger partial charge in [0, 0.05) is 13.8 Å². The van der Waals surface area contributed by atoms with Crippen LogP contribution in [-0.4, -0.2) is 7.05 Å². The van der Waals surface area contributed by atoms with Crippen molar-refractivity contribution in [1.82, 2.24) is 5.32 Å². The van der Waals surface area contributed by atoms with Crippen LogP contribution in [0.2, 0.25) is 0 Å². The van der Waals surface area contributed by atoms with Gasteiger partial charge >= 0.3 is 0 Å². The molecule has 0 fully saturated rings. The fraction of sp³-hybridized carbons (Fsp3) is 0.286. The Morgan fingerprint density at radius 1 is 1.11 bits per heavy atom. The van der Waals surface area contributed by atoms with E-state index in [4.69, 9.17) is 0 Å². The second kappa shape index (κ2) is 5.87. The molecule has 2 rings (SSSR count). The molecule has 0 saturated heterocycles. The van der Waals surface area contributed by atoms with E-state index >= 15 is 0 Å². The van der Waals surface area contributed by atoms with Crippen LogP contribution < -0.4 is 5.32 Å². The molecular formula is C14H15Br2NS. The van der Waals surface area contributed by atoms with Crippen LogP contribution in [0.3, 0.4) is 0 Å². The summed E-state index contributed by atoms with van der Waals surface area (Å²) in [6, 6.07) is 6.79. The van der Waals surface area contributed by atoms with E-state index in [0.29, 0.717) is 0 Å². The molecule has 0 bridgehead atoms. The first-order chi connectivity index (χ1) is 8.54. The van der Waals surface area contributed by atoms with Crippen molar-refractivity contribution in [2.24, 2.45) is 0 Å². The lowest BCUT2D eigenvalue weighted by Gasteiger charge is -2.19. The van der Waals surface area contributed by atoms with Crippen molar-refractivity contribution in [1.29, 1.82) is 0 Å². The van der Waals surface area contributed by atoms with E-state index in [9.17, 15) is 0 Å². The predicted molar refractivity (Wildman–Crippen MR) is 86.5 cm³/mol. The summed E-state index contributed by atoms with van der Waals surface area (Å²) in [7, 11) is 2.01. The maximum Gasteiger partial charge on any atom is 0.0682 e. The Hall–Kier alpha value is -0.160. The second-order valence-corrected chi connectivity index (χ2v) is 6.97. The largest absolute Gasteiger partial charge is 0.309 e. The van der Waals surface area contributed by atoms with E-state index in [-0.39, 0.29) is 6.04 Å². The molecular weight excluding hydrogens is 374 g/mol. The first-order valence-corrected chi connectivity index (χ1v) is 8.18. The summed E-state index contributed by atoms with van der Waals surface area (Å²) in [4.78, 5) is 1.32. The lowest BCUT2D eigenvalue weighted by Crippen LogP contribution is -2.18. The van der Waals surface area contributed by atoms with Gasteiger partial charge < -0.3 is 5.32 Å². The minimum absolute atomic E-state index is 0.242. The molecule has 1 N–H and O–H groups in total. The highest BCUT2D eigenvalue weighted by Crippen LogP contribution is 2.35. The van der Waals surface area contributed by atoms with Crippen LogP contribution in [0.4, 0.5) is 0 Å². The number of benzene rings is 1. The minimum atomic E-state index is 0.242. The van der Waals surface area contributed by atoms with Crippen LogP contribution in [0.1, 0.15) is 27.6 Å². The number of hydrogen-bond donors (Lipinski definition) is 1. The summed E-state index contributed by atoms with van der Waals surface area (Å²) in [5, 5.41) is 5.53. The zero-order valence-electron chi connectivity index (χ0n) is 10.6. The quantitative estimate of drug-likeness (QED) is 0.761. The van der Waals surface area contributed by atoms with Crippen LogP contribution in [0, 0.1) is 13.8 Å². The van der Waals surface area contributed by atoms with E-state index in [1.165, 1.54) is 30.5 Å². The summed E-state index contributed by atoms with van der Waals surface area (Å²) < 4.78 is 2.34. The zero-order valence-corrected chi connectivity index (χ0v) is 14.5. The first kappa shape index (κ1) is 14.3. The summed E-state index contributed by atoms with van der Waals surface area (Å²) in [6.45, 7) is 4.29. The Labute approximate surface area is 129 Å². The molecule has 0 amide bonds. The molecule has 0 aliphatic carbocycles. The monoisotopic (exact) mass is 387 g/mol. The molecule has 4 heteroatoms. The number of thiophene rings is 1. The van der Waals surface area contributed by atoms with E-state index in [0.717, 1.165) is 0 Å². The summed E-state index contributed by atoms with van der Waals surface area (Å²) >= 11 is 8.99. The number of halogens is 2. The van der Waals surface area contributed by atoms with Crippen LogP contribution in [-0.2, 0) is 0 Å². The molecule has 1 atom stereocenters. The lowest BCUT2D eigenvalue weighted by atomic mass is 9.98. The molecule has 1 aromatic heterocycles. The molecule has 1 heterocycles. The Balaban J connectivity index is 2.52. The molecule has 0 radical (unpaired) electrons. The SMILES string of the molecule is CNC(c1cc(C)c(Br)cc1C)c1sccc1Br. The van der Waals surface area contributed by atoms with Gasteiger partial charge in [0.15, 0.2) is 0 Å². The summed E-state index contributed by atoms with van der Waals surface area (Å²) in [5.74, 6) is 0. The fourth-order valence-corrected chi connectivity index (χ4v) is 4.24. The first-order valence-electron chi connectivity index (χ1n) is 5.71. The molecule has 0 aliphatic heterocycles. The highest BCUT2D eigenvalue weighted by Gasteiger charge is 2.18. The molecule has 0 aliphatic rings. The maximum absolute atomic E-state index is 3.62. The topological polar surface area (TPSA) is 12.0 Å². The molecule has 1 unspecified atom stereocenters. The maximum atomic E-state index is 3.62. The van der Waals surface area contributed by atoms with Crippen molar-refractivity contribution >= 4 is 43.2 Å². The molecule has 1 nitrogen and oxygen atoms in total. The number of hydrogen-bond acceptors (Lipinski definition) is 2. The van der Waals surface area contributed by atoms with Gasteiger partial charge in [-0.15, -0.1) is 11.3 Å². The molecule has 2 aromatic rings. The van der Waals surface area contributed by atoms with Gasteiger partial charge in [-0.05, 0) is 71.0 Å². The Morgan fingerprint density at radius 3 is 2.39 bits per heavy atom. The van der Waals surface area contributed by atoms with Gasteiger partial charge in [0.25, 0.3) is 0 Å². The zero-order chi connectivity index (χ0) is 13.3. The lowest BCUT2D eigenvalue weighted by molar-refractivity contribution is 0.696. The normalized spacial score (nSPS) is 12.7. The fourth-order valence-electron chi connectivity index (χ4n) is 2.05. The third-order valence-electron chi connectivity index (χ3n) is 3.05. The average Bonchev–Trinajstić information content (AvgIpc) is 2.73. The van der Waals surface area contributed by atoms with Crippen molar-refractivity contribution < 1.29 is 0 Å². The molecule has 96 valence electrons. The van der Waals surface area contributed by atoms with Crippen LogP contribution in [0.15, 0.2) is 32.5 Å². The molecule has 0 spiro atoms. The Kier molecular flexibility index (Phi) is 4.64. The second-order valence-electron chi connectivity index (χ2n) is 4.31. The Bertz CT molecular complexity index is 563. The van der Waals surface area contributed by atoms with E-state index < -0.39 is 0 Å². The van der Waals surface area contributed by atoms with Gasteiger partial charge in [-0.2, -0.15) is 0 Å². The highest BCUT2D eigenvalue weighted by molar-refractivity contribution is 9.10. The Morgan fingerprint density at radius 2 is 1.83 bits per heavy atom. The van der Waals surface area contributed by atoms with Gasteiger partial charge in [0.1, 0.15) is 0 Å². The third-order valence-corrected chi connectivity index (χ3v) is 5.84. The van der Waals surface area contributed by atoms with E-state index in [2.05, 4.69) is 74.6 Å². The minimum Gasteiger partial charge on any atom is -0.309 e. The average molecular weight is 389 g/mol. The molecule has 1 aromatic carbocycles. The van der Waals surface area contributed by atoms with Gasteiger partial charge in [-0.25, -0.2) is 0 Å². The van der Waals surface area contributed by atoms with Crippen LogP contribution in [0.5, 0.6) is 0 Å². The number of rotatable bonds is 3. The van der Waals surface area contributed by atoms with E-state index in [1.54, 1.807) is 11.3 Å². The predicted octanol–water partition coefficient (Wildman–Crippen LogP) is 5.20. The van der Waals surface area contributed by atoms with Crippen molar-refractivity contribution in [2.45, 2.75) is 19.9 Å². The van der Waals surface area contributed by atoms with Crippen molar-refractivity contribution in [3.8, 4) is 0 Å². The number of aryl methyl sites for hydroxylation is 2. The van der Waals surface area contributed by atoms with Gasteiger partial charge in [-0.1, -0.05) is 22.0 Å². The smallest absolute Gasteiger partial charge is 0.0682 e. The molecule has 18 heavy (non-hydrogen) atoms.